The first-order chi connectivity index (χ1) is 11.8. The molecule has 0 bridgehead atoms. The molecule has 0 saturated carbocycles. The van der Waals surface area contributed by atoms with E-state index in [0.717, 1.165) is 17.7 Å². The van der Waals surface area contributed by atoms with E-state index in [-0.39, 0.29) is 5.91 Å². The van der Waals surface area contributed by atoms with Crippen LogP contribution in [0.4, 0.5) is 0 Å². The zero-order valence-electron chi connectivity index (χ0n) is 12.9. The Kier molecular flexibility index (Phi) is 3.70. The third-order valence-electron chi connectivity index (χ3n) is 3.68. The van der Waals surface area contributed by atoms with Gasteiger partial charge in [-0.25, -0.2) is 4.99 Å². The van der Waals surface area contributed by atoms with Gasteiger partial charge in [0.05, 0.1) is 13.2 Å². The predicted molar refractivity (Wildman–Crippen MR) is 88.9 cm³/mol. The van der Waals surface area contributed by atoms with E-state index in [9.17, 15) is 4.79 Å². The van der Waals surface area contributed by atoms with Crippen LogP contribution in [-0.2, 0) is 4.79 Å². The monoisotopic (exact) mass is 321 g/mol. The van der Waals surface area contributed by atoms with Gasteiger partial charge in [0.15, 0.2) is 17.3 Å². The molecule has 2 aliphatic rings. The Balaban J connectivity index is 1.64. The predicted octanol–water partition coefficient (Wildman–Crippen LogP) is 2.16. The number of hydrogen-bond donors (Lipinski definition) is 1. The first-order valence-corrected chi connectivity index (χ1v) is 7.72. The molecule has 0 fully saturated rings. The Hall–Kier alpha value is -3.15. The summed E-state index contributed by atoms with van der Waals surface area (Å²) in [4.78, 5) is 20.7. The number of nitrogens with zero attached hydrogens (tertiary/aromatic N) is 2. The maximum Gasteiger partial charge on any atom is 0.275 e. The number of rotatable bonds is 2. The molecule has 0 atom stereocenters. The minimum absolute atomic E-state index is 0.247. The average molecular weight is 321 g/mol. The van der Waals surface area contributed by atoms with E-state index in [4.69, 9.17) is 9.47 Å². The number of carbonyl (C=O) groups is 1. The molecule has 2 aromatic rings. The molecule has 0 spiro atoms. The lowest BCUT2D eigenvalue weighted by molar-refractivity contribution is -0.115. The summed E-state index contributed by atoms with van der Waals surface area (Å²) in [7, 11) is 0. The van der Waals surface area contributed by atoms with E-state index in [1.807, 2.05) is 30.3 Å². The summed E-state index contributed by atoms with van der Waals surface area (Å²) in [6.07, 6.45) is 4.24. The van der Waals surface area contributed by atoms with Crippen LogP contribution in [0.3, 0.4) is 0 Å². The molecular formula is C18H15N3O3. The molecule has 0 saturated heterocycles. The van der Waals surface area contributed by atoms with Crippen molar-refractivity contribution in [1.82, 2.24) is 10.3 Å². The van der Waals surface area contributed by atoms with Crippen LogP contribution in [0.1, 0.15) is 17.7 Å². The van der Waals surface area contributed by atoms with Gasteiger partial charge in [-0.15, -0.1) is 0 Å². The van der Waals surface area contributed by atoms with Gasteiger partial charge in [0.25, 0.3) is 5.91 Å². The largest absolute Gasteiger partial charge is 0.490 e. The van der Waals surface area contributed by atoms with Crippen molar-refractivity contribution in [2.45, 2.75) is 6.42 Å². The lowest BCUT2D eigenvalue weighted by Gasteiger charge is -2.07. The molecule has 0 aliphatic carbocycles. The molecule has 24 heavy (non-hydrogen) atoms. The van der Waals surface area contributed by atoms with Crippen LogP contribution in [0.2, 0.25) is 0 Å². The lowest BCUT2D eigenvalue weighted by Crippen LogP contribution is -2.25. The minimum atomic E-state index is -0.247. The van der Waals surface area contributed by atoms with Gasteiger partial charge in [-0.2, -0.15) is 0 Å². The van der Waals surface area contributed by atoms with Gasteiger partial charge in [0.1, 0.15) is 11.4 Å². The number of nitrogens with one attached hydrogen (secondary N) is 1. The van der Waals surface area contributed by atoms with Gasteiger partial charge < -0.3 is 14.8 Å². The average Bonchev–Trinajstić information content (AvgIpc) is 2.83. The molecule has 1 N–H and O–H groups in total. The molecule has 0 unspecified atom stereocenters. The highest BCUT2D eigenvalue weighted by Gasteiger charge is 2.22. The van der Waals surface area contributed by atoms with Gasteiger partial charge in [-0.05, 0) is 35.9 Å². The highest BCUT2D eigenvalue weighted by atomic mass is 16.5. The molecule has 6 heteroatoms. The van der Waals surface area contributed by atoms with E-state index in [1.165, 1.54) is 0 Å². The first kappa shape index (κ1) is 14.4. The first-order valence-electron chi connectivity index (χ1n) is 7.72. The van der Waals surface area contributed by atoms with Gasteiger partial charge in [0.2, 0.25) is 0 Å². The van der Waals surface area contributed by atoms with Crippen LogP contribution >= 0.6 is 0 Å². The molecule has 1 aromatic heterocycles. The second kappa shape index (κ2) is 6.16. The third kappa shape index (κ3) is 2.86. The molecule has 2 aliphatic heterocycles. The topological polar surface area (TPSA) is 72.8 Å². The Labute approximate surface area is 138 Å². The molecule has 1 amide bonds. The van der Waals surface area contributed by atoms with E-state index in [1.54, 1.807) is 18.3 Å². The number of aliphatic imine (C=N–C) groups is 1. The third-order valence-corrected chi connectivity index (χ3v) is 3.68. The summed E-state index contributed by atoms with van der Waals surface area (Å²) < 4.78 is 11.3. The van der Waals surface area contributed by atoms with Crippen LogP contribution in [0, 0.1) is 0 Å². The van der Waals surface area contributed by atoms with Crippen molar-refractivity contribution < 1.29 is 14.3 Å². The highest BCUT2D eigenvalue weighted by Crippen LogP contribution is 2.31. The van der Waals surface area contributed by atoms with E-state index in [2.05, 4.69) is 15.3 Å². The van der Waals surface area contributed by atoms with Crippen molar-refractivity contribution in [2.75, 3.05) is 13.2 Å². The van der Waals surface area contributed by atoms with Crippen LogP contribution in [0.5, 0.6) is 11.5 Å². The van der Waals surface area contributed by atoms with Crippen LogP contribution < -0.4 is 14.8 Å². The van der Waals surface area contributed by atoms with Crippen molar-refractivity contribution in [1.29, 1.82) is 0 Å². The SMILES string of the molecule is O=C1NC(c2ccccn2)=N/C1=C/c1ccc2c(c1)OCCCO2. The van der Waals surface area contributed by atoms with Gasteiger partial charge in [0, 0.05) is 12.6 Å². The number of carbonyl (C=O) groups excluding carboxylic acids is 1. The maximum atomic E-state index is 12.1. The van der Waals surface area contributed by atoms with Crippen LogP contribution in [0.15, 0.2) is 53.3 Å². The number of benzene rings is 1. The summed E-state index contributed by atoms with van der Waals surface area (Å²) in [6.45, 7) is 1.27. The van der Waals surface area contributed by atoms with Crippen molar-refractivity contribution in [2.24, 2.45) is 4.99 Å². The number of pyridine rings is 1. The number of hydrogen-bond acceptors (Lipinski definition) is 5. The minimum Gasteiger partial charge on any atom is -0.490 e. The Morgan fingerprint density at radius 1 is 1.08 bits per heavy atom. The smallest absolute Gasteiger partial charge is 0.275 e. The fourth-order valence-electron chi connectivity index (χ4n) is 2.52. The number of aromatic nitrogens is 1. The molecule has 0 radical (unpaired) electrons. The summed E-state index contributed by atoms with van der Waals surface area (Å²) in [5.74, 6) is 1.63. The molecule has 4 rings (SSSR count). The standard InChI is InChI=1S/C18H15N3O3/c22-18-14(20-17(21-18)13-4-1-2-7-19-13)10-12-5-6-15-16(11-12)24-9-3-8-23-15/h1-2,4-7,10-11H,3,8-9H2,(H,20,21,22)/b14-10+. The summed E-state index contributed by atoms with van der Waals surface area (Å²) >= 11 is 0. The summed E-state index contributed by atoms with van der Waals surface area (Å²) in [6, 6.07) is 11.0. The molecule has 120 valence electrons. The van der Waals surface area contributed by atoms with Crippen molar-refractivity contribution in [3.05, 3.63) is 59.5 Å². The maximum absolute atomic E-state index is 12.1. The molecule has 3 heterocycles. The van der Waals surface area contributed by atoms with Gasteiger partial charge in [-0.3, -0.25) is 9.78 Å². The number of amides is 1. The van der Waals surface area contributed by atoms with E-state index < -0.39 is 0 Å². The van der Waals surface area contributed by atoms with Crippen LogP contribution in [-0.4, -0.2) is 29.9 Å². The van der Waals surface area contributed by atoms with Crippen molar-refractivity contribution >= 4 is 17.8 Å². The Bertz CT molecular complexity index is 844. The number of fused-ring (bicyclic) bond motifs is 1. The van der Waals surface area contributed by atoms with Gasteiger partial charge >= 0.3 is 0 Å². The lowest BCUT2D eigenvalue weighted by atomic mass is 10.1. The normalized spacial score (nSPS) is 18.1. The zero-order chi connectivity index (χ0) is 16.4. The summed E-state index contributed by atoms with van der Waals surface area (Å²) in [5.41, 5.74) is 1.80. The molecule has 6 nitrogen and oxygen atoms in total. The van der Waals surface area contributed by atoms with E-state index in [0.29, 0.717) is 36.2 Å². The fraction of sp³-hybridized carbons (Fsp3) is 0.167. The van der Waals surface area contributed by atoms with Gasteiger partial charge in [-0.1, -0.05) is 12.1 Å². The van der Waals surface area contributed by atoms with E-state index >= 15 is 0 Å². The Morgan fingerprint density at radius 2 is 1.96 bits per heavy atom. The van der Waals surface area contributed by atoms with Crippen molar-refractivity contribution in [3.63, 3.8) is 0 Å². The summed E-state index contributed by atoms with van der Waals surface area (Å²) in [5, 5.41) is 2.74. The van der Waals surface area contributed by atoms with Crippen LogP contribution in [0.25, 0.3) is 6.08 Å². The second-order valence-corrected chi connectivity index (χ2v) is 5.42. The molecular weight excluding hydrogens is 306 g/mol. The number of ether oxygens (including phenoxy) is 2. The number of amidine groups is 1. The Morgan fingerprint density at radius 3 is 2.79 bits per heavy atom. The second-order valence-electron chi connectivity index (χ2n) is 5.42. The fourth-order valence-corrected chi connectivity index (χ4v) is 2.52. The quantitative estimate of drug-likeness (QED) is 0.860. The zero-order valence-corrected chi connectivity index (χ0v) is 12.9. The van der Waals surface area contributed by atoms with Crippen molar-refractivity contribution in [3.8, 4) is 11.5 Å². The highest BCUT2D eigenvalue weighted by molar-refractivity contribution is 6.19. The molecule has 1 aromatic carbocycles.